The molecule has 4 atom stereocenters. The van der Waals surface area contributed by atoms with Gasteiger partial charge in [0.2, 0.25) is 0 Å². The Labute approximate surface area is 694 Å². The van der Waals surface area contributed by atoms with Gasteiger partial charge in [-0.3, -0.25) is 14.4 Å². The van der Waals surface area contributed by atoms with Crippen LogP contribution in [0.25, 0.3) is 259 Å². The van der Waals surface area contributed by atoms with Crippen molar-refractivity contribution in [2.24, 2.45) is 10.8 Å². The molecule has 130 heavy (non-hydrogen) atoms. The summed E-state index contributed by atoms with van der Waals surface area (Å²) in [4.78, 5) is 61.5. The van der Waals surface area contributed by atoms with Crippen molar-refractivity contribution in [1.29, 1.82) is 0 Å². The van der Waals surface area contributed by atoms with E-state index in [4.69, 9.17) is 49.3 Å². The van der Waals surface area contributed by atoms with E-state index in [1.54, 1.807) is 7.11 Å². The molecule has 10 aliphatic rings. The van der Waals surface area contributed by atoms with Crippen LogP contribution in [0, 0.1) is 30.1 Å². The number of benzene rings is 16. The van der Waals surface area contributed by atoms with Crippen molar-refractivity contribution in [2.45, 2.75) is 46.9 Å². The molecule has 0 bridgehead atoms. The van der Waals surface area contributed by atoms with Crippen molar-refractivity contribution >= 4 is 283 Å². The standard InChI is InChI=1S/C47H16F4O6.C44H16O2.C2H4F2O2.3C2H3F2O.CO2.3Rf/c48-43(49,54)11-56-41(52)47(42(53)57-12-44(50,51)55)45-21-9-10-22-20-8-6-18-16-4-2-14-13-1-3-15-17-5-7-19(21)29-27(17)32-25(15)23(13)31-24(14)26(16)33-28(18)30(20)40(46(22,45)47)38-36(33)34(31)35(32)37(38)39(29)45;1-42(41(45)46-2)43-21-11-12-22-20-10-8-18-16-6-4-14-13-3-5-15-17-7-9-19(21)29-27(17)32-25(15)23(13)31-24(14)26(16)33-28(18)30(20)40(44(22,42)43)38-36(33)34(31)35(32)37(38)39(29)43;3-2(4,6)1-5;3*3-2(4)1-5;2-1-3;;;/h1-10,54-55H,11-12H2;3-12H,1-2H3;5-6H,1H2;3*5H,1H2;;;;/q;;;3*-1;;;;. The fourth-order valence-corrected chi connectivity index (χ4v) is 29.5. The average molecular weight is 2520 g/mol. The third kappa shape index (κ3) is 6.69. The Morgan fingerprint density at radius 3 is 0.685 bits per heavy atom. The normalized spacial score (nSPS) is 21.4. The molecule has 7 N–H and O–H groups in total. The number of alkyl halides is 6. The molecule has 15 nitrogen and oxygen atoms in total. The van der Waals surface area contributed by atoms with Crippen molar-refractivity contribution in [1.82, 2.24) is 0 Å². The van der Waals surface area contributed by atoms with Crippen LogP contribution in [0.15, 0.2) is 121 Å². The number of methoxy groups -OCH3 is 1. The first-order chi connectivity index (χ1) is 60.8. The molecule has 2 saturated carbocycles. The Balaban J connectivity index is 0.000000112. The molecule has 10 aliphatic carbocycles. The fraction of sp³-hybridized carbons (Fsp3) is 0.170. The van der Waals surface area contributed by atoms with Crippen molar-refractivity contribution in [3.05, 3.63) is 184 Å². The molecule has 0 aliphatic heterocycles. The predicted molar refractivity (Wildman–Crippen MR) is 450 cm³/mol. The zero-order chi connectivity index (χ0) is 87.5. The summed E-state index contributed by atoms with van der Waals surface area (Å²) < 4.78 is 158. The van der Waals surface area contributed by atoms with Crippen LogP contribution in [-0.2, 0) is 59.8 Å². The molecular formula is C100H45F12O15Rf3-3. The summed E-state index contributed by atoms with van der Waals surface area (Å²) in [6.45, 7) is -6.12. The quantitative estimate of drug-likeness (QED) is 0.0159. The number of halogens is 12. The van der Waals surface area contributed by atoms with Crippen molar-refractivity contribution < 1.29 is 127 Å². The number of aliphatic hydroxyl groups excluding tert-OH is 4. The van der Waals surface area contributed by atoms with Crippen molar-refractivity contribution in [3.8, 4) is 0 Å². The number of carbonyl (C=O) groups excluding carboxylic acids is 5. The van der Waals surface area contributed by atoms with Crippen LogP contribution < -0.4 is 20.9 Å². The number of aliphatic hydroxyl groups is 7. The number of hydrogen-bond acceptors (Lipinski definition) is 15. The molecule has 34 rings (SSSR count). The number of carbonyl (C=O) groups is 3. The van der Waals surface area contributed by atoms with Crippen LogP contribution in [0.5, 0.6) is 0 Å². The minimum absolute atomic E-state index is 0. The van der Waals surface area contributed by atoms with Gasteiger partial charge in [-0.2, -0.15) is 35.9 Å². The SMILES string of the molecule is COC(=O)C1(C)C23C4=c5ccc6c7ccc8c9ccc%10c%11ccc%12c%13c(c%14c%15c2c5c6c2c7c8c5c9c%10c(c%13%11)c%14c5c%152)C13C=%12C=C4.O=C(OCC(O)(F)F)C1(C(=O)OCC(O)(F)F)C23C4=c5ccc6c7ccc8c9ccc%10c%11ccc%12c%13c(c%14c%15c2c5c6c2c7c8c5c9c%10c(c%13%11)c%14c5c%152)C13C=%12C=C4.O=C=O.OCC(O)(F)F.OC[C-](F)F.OC[C-](F)F.OC[C-](F)F.[Rf].[Rf].[Rf]. The third-order valence-electron chi connectivity index (χ3n) is 31.6. The maximum absolute atomic E-state index is 15.3. The van der Waals surface area contributed by atoms with Crippen molar-refractivity contribution in [2.75, 3.05) is 46.8 Å². The largest absolute Gasteiger partial charge is 0.469 e. The summed E-state index contributed by atoms with van der Waals surface area (Å²) in [6.07, 6.45) is -9.82. The van der Waals surface area contributed by atoms with Gasteiger partial charge in [0.1, 0.15) is 6.61 Å². The third-order valence-corrected chi connectivity index (χ3v) is 31.6. The first kappa shape index (κ1) is 76.2. The van der Waals surface area contributed by atoms with E-state index in [0.717, 1.165) is 102 Å². The summed E-state index contributed by atoms with van der Waals surface area (Å²) >= 11 is 0. The molecule has 628 valence electrons. The second kappa shape index (κ2) is 21.9. The second-order valence-electron chi connectivity index (χ2n) is 35.4. The Hall–Kier alpha value is -16.2. The smallest absolute Gasteiger partial charge is 0.387 e. The van der Waals surface area contributed by atoms with E-state index < -0.39 is 122 Å². The monoisotopic (exact) mass is 2510 g/mol. The Bertz CT molecular complexity index is 9160. The zero-order valence-electron chi connectivity index (χ0n) is 66.8. The van der Waals surface area contributed by atoms with Crippen LogP contribution in [0.1, 0.15) is 29.2 Å². The van der Waals surface area contributed by atoms with Crippen LogP contribution in [-0.4, -0.2) is 125 Å². The first-order valence-electron chi connectivity index (χ1n) is 40.3. The molecule has 4 unspecified atom stereocenters. The van der Waals surface area contributed by atoms with Gasteiger partial charge < -0.3 is 76.3 Å². The number of esters is 3. The number of fused-ring (bicyclic) bond motifs is 6. The van der Waals surface area contributed by atoms with E-state index in [1.807, 2.05) is 24.3 Å². The number of rotatable bonds is 11. The van der Waals surface area contributed by atoms with E-state index in [-0.39, 0.29) is 12.1 Å². The van der Waals surface area contributed by atoms with E-state index >= 15 is 9.59 Å². The topological polar surface area (TPSA) is 255 Å². The number of ether oxygens (including phenoxy) is 3. The van der Waals surface area contributed by atoms with E-state index in [0.29, 0.717) is 22.3 Å². The van der Waals surface area contributed by atoms with E-state index in [1.165, 1.54) is 178 Å². The molecule has 4 spiro atoms. The average Bonchev–Trinajstić information content (AvgIpc) is 1.38. The summed E-state index contributed by atoms with van der Waals surface area (Å²) in [5.41, 5.74) is 0.441. The van der Waals surface area contributed by atoms with E-state index in [2.05, 4.69) is 104 Å². The van der Waals surface area contributed by atoms with Gasteiger partial charge in [0.05, 0.1) is 34.2 Å². The van der Waals surface area contributed by atoms with Gasteiger partial charge in [0.25, 0.3) is 0 Å². The maximum atomic E-state index is 15.3. The second-order valence-corrected chi connectivity index (χ2v) is 35.4. The van der Waals surface area contributed by atoms with Crippen molar-refractivity contribution in [3.63, 3.8) is 0 Å². The molecular weight excluding hydrogens is 2470 g/mol. The summed E-state index contributed by atoms with van der Waals surface area (Å²) in [7, 11) is 1.60. The molecule has 0 radical (unpaired) electrons. The zero-order valence-corrected chi connectivity index (χ0v) is 86.0. The maximum Gasteiger partial charge on any atom is 0.387 e. The van der Waals surface area contributed by atoms with Gasteiger partial charge in [-0.05, 0) is 329 Å². The van der Waals surface area contributed by atoms with E-state index in [9.17, 15) is 67.7 Å². The van der Waals surface area contributed by atoms with Gasteiger partial charge in [-0.15, -0.1) is 0 Å². The Kier molecular flexibility index (Phi) is 12.8. The van der Waals surface area contributed by atoms with Gasteiger partial charge >= 0.3 is 42.4 Å². The molecule has 30 heteroatoms. The predicted octanol–water partition coefficient (Wildman–Crippen LogP) is 16.2. The Morgan fingerprint density at radius 2 is 0.492 bits per heavy atom. The van der Waals surface area contributed by atoms with Gasteiger partial charge in [0, 0.05) is 19.3 Å². The van der Waals surface area contributed by atoms with Gasteiger partial charge in [-0.25, -0.2) is 0 Å². The Morgan fingerprint density at radius 1 is 0.315 bits per heavy atom. The molecule has 2 fully saturated rings. The van der Waals surface area contributed by atoms with Crippen LogP contribution in [0.3, 0.4) is 0 Å². The molecule has 0 amide bonds. The molecule has 0 saturated heterocycles. The number of hydrogen-bond donors (Lipinski definition) is 7. The van der Waals surface area contributed by atoms with Crippen LogP contribution >= 0.6 is 0 Å². The minimum atomic E-state index is -4.46. The number of allylic oxidation sites excluding steroid dienone is 4. The van der Waals surface area contributed by atoms with Gasteiger partial charge in [0.15, 0.2) is 18.6 Å². The van der Waals surface area contributed by atoms with Crippen LogP contribution in [0.4, 0.5) is 52.7 Å². The summed E-state index contributed by atoms with van der Waals surface area (Å²) in [5, 5.41) is 115. The fourth-order valence-electron chi connectivity index (χ4n) is 29.5. The summed E-state index contributed by atoms with van der Waals surface area (Å²) in [5.74, 6) is -2.90. The summed E-state index contributed by atoms with van der Waals surface area (Å²) in [6, 6.07) is 36.2. The minimum Gasteiger partial charge on any atom is -0.469 e. The first-order valence-corrected chi connectivity index (χ1v) is 40.3. The van der Waals surface area contributed by atoms with Crippen LogP contribution in [0.2, 0.25) is 0 Å². The molecule has 24 aromatic rings. The molecule has 0 heterocycles. The molecule has 24 aromatic carbocycles. The van der Waals surface area contributed by atoms with Gasteiger partial charge in [-0.1, -0.05) is 121 Å². The molecule has 0 aromatic heterocycles.